The van der Waals surface area contributed by atoms with Crippen molar-refractivity contribution < 1.29 is 4.74 Å². The number of benzene rings is 1. The summed E-state index contributed by atoms with van der Waals surface area (Å²) in [5.41, 5.74) is 2.81. The Morgan fingerprint density at radius 3 is 2.59 bits per heavy atom. The maximum absolute atomic E-state index is 5.84. The van der Waals surface area contributed by atoms with Crippen LogP contribution in [0.4, 0.5) is 0 Å². The van der Waals surface area contributed by atoms with Gasteiger partial charge in [-0.25, -0.2) is 0 Å². The molecule has 1 aliphatic heterocycles. The van der Waals surface area contributed by atoms with Crippen LogP contribution >= 0.6 is 0 Å². The average Bonchev–Trinajstić information content (AvgIpc) is 2.50. The van der Waals surface area contributed by atoms with Gasteiger partial charge in [-0.3, -0.25) is 4.90 Å². The van der Waals surface area contributed by atoms with Crippen molar-refractivity contribution in [2.45, 2.75) is 45.6 Å². The quantitative estimate of drug-likeness (QED) is 0.730. The second kappa shape index (κ2) is 9.16. The molecule has 1 fully saturated rings. The number of aryl methyl sites for hydroxylation is 1. The van der Waals surface area contributed by atoms with E-state index in [1.54, 1.807) is 0 Å². The lowest BCUT2D eigenvalue weighted by Gasteiger charge is -2.27. The summed E-state index contributed by atoms with van der Waals surface area (Å²) in [5, 5.41) is 0. The smallest absolute Gasteiger partial charge is 0.123 e. The van der Waals surface area contributed by atoms with Crippen LogP contribution in [0, 0.1) is 0 Å². The average molecular weight is 304 g/mol. The number of likely N-dealkylation sites (tertiary alicyclic amines) is 1. The van der Waals surface area contributed by atoms with Gasteiger partial charge in [0.2, 0.25) is 0 Å². The fraction of sp³-hybridized carbons (Fsp3) is 0.684. The Balaban J connectivity index is 2.02. The molecule has 1 heterocycles. The summed E-state index contributed by atoms with van der Waals surface area (Å²) >= 11 is 0. The number of piperidine rings is 1. The summed E-state index contributed by atoms with van der Waals surface area (Å²) < 4.78 is 5.84. The number of rotatable bonds is 8. The molecule has 1 saturated heterocycles. The van der Waals surface area contributed by atoms with Gasteiger partial charge in [0.25, 0.3) is 0 Å². The Morgan fingerprint density at radius 1 is 1.14 bits per heavy atom. The van der Waals surface area contributed by atoms with Crippen molar-refractivity contribution in [1.82, 2.24) is 9.80 Å². The SMILES string of the molecule is CCOc1ccc(CCCN(C)C)cc1CN1CCCCC1. The van der Waals surface area contributed by atoms with Crippen LogP contribution < -0.4 is 4.74 Å². The molecule has 1 aromatic carbocycles. The van der Waals surface area contributed by atoms with Gasteiger partial charge in [0.15, 0.2) is 0 Å². The van der Waals surface area contributed by atoms with Crippen LogP contribution in [-0.4, -0.2) is 50.1 Å². The zero-order valence-electron chi connectivity index (χ0n) is 14.6. The molecule has 0 bridgehead atoms. The third kappa shape index (κ3) is 5.62. The maximum atomic E-state index is 5.84. The Kier molecular flexibility index (Phi) is 7.20. The zero-order valence-corrected chi connectivity index (χ0v) is 14.6. The van der Waals surface area contributed by atoms with Gasteiger partial charge in [0.05, 0.1) is 6.61 Å². The first-order valence-corrected chi connectivity index (χ1v) is 8.80. The molecule has 0 saturated carbocycles. The van der Waals surface area contributed by atoms with E-state index < -0.39 is 0 Å². The molecular formula is C19H32N2O. The monoisotopic (exact) mass is 304 g/mol. The van der Waals surface area contributed by atoms with Gasteiger partial charge in [-0.2, -0.15) is 0 Å². The molecule has 1 aromatic rings. The molecule has 1 aliphatic rings. The summed E-state index contributed by atoms with van der Waals surface area (Å²) in [5.74, 6) is 1.07. The van der Waals surface area contributed by atoms with Crippen molar-refractivity contribution in [3.63, 3.8) is 0 Å². The van der Waals surface area contributed by atoms with Gasteiger partial charge in [-0.05, 0) is 78.0 Å². The van der Waals surface area contributed by atoms with Gasteiger partial charge >= 0.3 is 0 Å². The number of nitrogens with zero attached hydrogens (tertiary/aromatic N) is 2. The molecule has 0 aromatic heterocycles. The lowest BCUT2D eigenvalue weighted by molar-refractivity contribution is 0.216. The highest BCUT2D eigenvalue weighted by atomic mass is 16.5. The first-order valence-electron chi connectivity index (χ1n) is 8.80. The molecule has 22 heavy (non-hydrogen) atoms. The first-order chi connectivity index (χ1) is 10.7. The molecular weight excluding hydrogens is 272 g/mol. The van der Waals surface area contributed by atoms with E-state index in [2.05, 4.69) is 49.0 Å². The Morgan fingerprint density at radius 2 is 1.91 bits per heavy atom. The van der Waals surface area contributed by atoms with Crippen LogP contribution in [0.5, 0.6) is 5.75 Å². The molecule has 3 heteroatoms. The molecule has 0 radical (unpaired) electrons. The van der Waals surface area contributed by atoms with E-state index in [1.165, 1.54) is 49.9 Å². The highest BCUT2D eigenvalue weighted by Crippen LogP contribution is 2.24. The predicted octanol–water partition coefficient (Wildman–Crippen LogP) is 3.57. The number of hydrogen-bond donors (Lipinski definition) is 0. The molecule has 0 atom stereocenters. The minimum Gasteiger partial charge on any atom is -0.494 e. The van der Waals surface area contributed by atoms with E-state index in [4.69, 9.17) is 4.74 Å². The van der Waals surface area contributed by atoms with Gasteiger partial charge in [0.1, 0.15) is 5.75 Å². The predicted molar refractivity (Wildman–Crippen MR) is 93.6 cm³/mol. The van der Waals surface area contributed by atoms with Crippen molar-refractivity contribution in [2.75, 3.05) is 40.3 Å². The van der Waals surface area contributed by atoms with Crippen LogP contribution in [0.2, 0.25) is 0 Å². The van der Waals surface area contributed by atoms with E-state index in [0.717, 1.165) is 31.9 Å². The summed E-state index contributed by atoms with van der Waals surface area (Å²) in [6.07, 6.45) is 6.43. The van der Waals surface area contributed by atoms with Crippen LogP contribution in [0.15, 0.2) is 18.2 Å². The van der Waals surface area contributed by atoms with Crippen LogP contribution in [0.25, 0.3) is 0 Å². The highest BCUT2D eigenvalue weighted by Gasteiger charge is 2.13. The topological polar surface area (TPSA) is 15.7 Å². The van der Waals surface area contributed by atoms with Crippen molar-refractivity contribution in [3.05, 3.63) is 29.3 Å². The molecule has 0 aliphatic carbocycles. The van der Waals surface area contributed by atoms with Gasteiger partial charge in [-0.15, -0.1) is 0 Å². The van der Waals surface area contributed by atoms with E-state index in [1.807, 2.05) is 0 Å². The van der Waals surface area contributed by atoms with E-state index in [0.29, 0.717) is 0 Å². The number of ether oxygens (including phenoxy) is 1. The van der Waals surface area contributed by atoms with Crippen molar-refractivity contribution in [1.29, 1.82) is 0 Å². The minimum atomic E-state index is 0.743. The zero-order chi connectivity index (χ0) is 15.8. The van der Waals surface area contributed by atoms with E-state index in [9.17, 15) is 0 Å². The van der Waals surface area contributed by atoms with Crippen LogP contribution in [-0.2, 0) is 13.0 Å². The molecule has 3 nitrogen and oxygen atoms in total. The summed E-state index contributed by atoms with van der Waals surface area (Å²) in [7, 11) is 4.28. The third-order valence-electron chi connectivity index (χ3n) is 4.34. The number of hydrogen-bond acceptors (Lipinski definition) is 3. The van der Waals surface area contributed by atoms with Crippen molar-refractivity contribution >= 4 is 0 Å². The Bertz CT molecular complexity index is 439. The molecule has 124 valence electrons. The molecule has 0 N–H and O–H groups in total. The molecule has 0 unspecified atom stereocenters. The Hall–Kier alpha value is -1.06. The molecule has 0 spiro atoms. The first kappa shape index (κ1) is 17.3. The third-order valence-corrected chi connectivity index (χ3v) is 4.34. The van der Waals surface area contributed by atoms with Crippen LogP contribution in [0.1, 0.15) is 43.7 Å². The largest absolute Gasteiger partial charge is 0.494 e. The second-order valence-corrected chi connectivity index (χ2v) is 6.62. The fourth-order valence-corrected chi connectivity index (χ4v) is 3.17. The van der Waals surface area contributed by atoms with E-state index in [-0.39, 0.29) is 0 Å². The van der Waals surface area contributed by atoms with Crippen molar-refractivity contribution in [2.24, 2.45) is 0 Å². The summed E-state index contributed by atoms with van der Waals surface area (Å²) in [6, 6.07) is 6.78. The summed E-state index contributed by atoms with van der Waals surface area (Å²) in [4.78, 5) is 4.83. The Labute approximate surface area is 136 Å². The summed E-state index contributed by atoms with van der Waals surface area (Å²) in [6.45, 7) is 7.46. The standard InChI is InChI=1S/C19H32N2O/c1-4-22-19-11-10-17(9-8-12-20(2)3)15-18(19)16-21-13-6-5-7-14-21/h10-11,15H,4-9,12-14,16H2,1-3H3. The second-order valence-electron chi connectivity index (χ2n) is 6.62. The normalized spacial score (nSPS) is 16.2. The maximum Gasteiger partial charge on any atom is 0.123 e. The minimum absolute atomic E-state index is 0.743. The lowest BCUT2D eigenvalue weighted by Crippen LogP contribution is -2.29. The van der Waals surface area contributed by atoms with Gasteiger partial charge in [0, 0.05) is 12.1 Å². The van der Waals surface area contributed by atoms with Gasteiger partial charge < -0.3 is 9.64 Å². The molecule has 2 rings (SSSR count). The molecule has 0 amide bonds. The lowest BCUT2D eigenvalue weighted by atomic mass is 10.0. The van der Waals surface area contributed by atoms with E-state index >= 15 is 0 Å². The van der Waals surface area contributed by atoms with Gasteiger partial charge in [-0.1, -0.05) is 18.6 Å². The van der Waals surface area contributed by atoms with Crippen molar-refractivity contribution in [3.8, 4) is 5.75 Å². The fourth-order valence-electron chi connectivity index (χ4n) is 3.17. The van der Waals surface area contributed by atoms with Crippen LogP contribution in [0.3, 0.4) is 0 Å². The highest BCUT2D eigenvalue weighted by molar-refractivity contribution is 5.37.